The molecule has 1 amide bonds. The Kier molecular flexibility index (Phi) is 5.84. The zero-order chi connectivity index (χ0) is 22.5. The number of para-hydroxylation sites is 1. The summed E-state index contributed by atoms with van der Waals surface area (Å²) in [6.07, 6.45) is 4.52. The number of anilines is 2. The number of rotatable bonds is 7. The van der Waals surface area contributed by atoms with Gasteiger partial charge in [-0.2, -0.15) is 5.10 Å². The second kappa shape index (κ2) is 9.04. The number of carbonyl (C=O) groups excluding carboxylic acids is 1. The summed E-state index contributed by atoms with van der Waals surface area (Å²) in [5.41, 5.74) is 4.74. The molecule has 0 aliphatic carbocycles. The molecule has 2 heterocycles. The van der Waals surface area contributed by atoms with E-state index < -0.39 is 4.92 Å². The van der Waals surface area contributed by atoms with E-state index in [-0.39, 0.29) is 24.0 Å². The number of amides is 1. The summed E-state index contributed by atoms with van der Waals surface area (Å²) in [6.45, 7) is 0.0586. The van der Waals surface area contributed by atoms with Crippen molar-refractivity contribution in [2.24, 2.45) is 5.10 Å². The number of carbonyl (C=O) groups is 1. The van der Waals surface area contributed by atoms with Crippen LogP contribution in [0.4, 0.5) is 21.6 Å². The summed E-state index contributed by atoms with van der Waals surface area (Å²) >= 11 is 0. The number of fused-ring (bicyclic) bond motifs is 1. The fourth-order valence-electron chi connectivity index (χ4n) is 3.13. The third kappa shape index (κ3) is 4.75. The van der Waals surface area contributed by atoms with Gasteiger partial charge in [0.1, 0.15) is 24.4 Å². The molecule has 2 N–H and O–H groups in total. The summed E-state index contributed by atoms with van der Waals surface area (Å²) in [6, 6.07) is 15.9. The van der Waals surface area contributed by atoms with Crippen molar-refractivity contribution in [3.63, 3.8) is 0 Å². The molecule has 160 valence electrons. The van der Waals surface area contributed by atoms with E-state index in [1.807, 2.05) is 24.3 Å². The highest BCUT2D eigenvalue weighted by molar-refractivity contribution is 6.00. The molecule has 2 aromatic heterocycles. The van der Waals surface area contributed by atoms with Crippen LogP contribution in [0, 0.1) is 15.9 Å². The van der Waals surface area contributed by atoms with Gasteiger partial charge in [0.2, 0.25) is 5.91 Å². The number of hydrogen-bond acceptors (Lipinski definition) is 6. The van der Waals surface area contributed by atoms with Gasteiger partial charge in [-0.3, -0.25) is 20.3 Å². The number of nitrogens with zero attached hydrogens (tertiary/aromatic N) is 4. The molecule has 2 aromatic carbocycles. The van der Waals surface area contributed by atoms with Gasteiger partial charge in [0.25, 0.3) is 5.69 Å². The standard InChI is InChI=1S/C22H17FN6O3/c23-16-5-7-17(8-6-16)26-22(30)14-28-13-15(19-3-1-2-4-20(19)28)11-25-27-21-10-9-18(12-24-21)29(31)32/h1-13H,14H2,(H,24,27)(H,26,30)/b25-11-. The van der Waals surface area contributed by atoms with Crippen LogP contribution in [-0.4, -0.2) is 26.6 Å². The van der Waals surface area contributed by atoms with Crippen LogP contribution in [0.15, 0.2) is 78.2 Å². The van der Waals surface area contributed by atoms with Gasteiger partial charge in [0, 0.05) is 34.4 Å². The molecule has 0 aliphatic rings. The Hall–Kier alpha value is -4.60. The van der Waals surface area contributed by atoms with Crippen molar-refractivity contribution in [2.75, 3.05) is 10.7 Å². The number of pyridine rings is 1. The maximum absolute atomic E-state index is 13.0. The highest BCUT2D eigenvalue weighted by Crippen LogP contribution is 2.20. The van der Waals surface area contributed by atoms with Crippen molar-refractivity contribution in [3.8, 4) is 0 Å². The number of nitro groups is 1. The van der Waals surface area contributed by atoms with Crippen molar-refractivity contribution in [1.82, 2.24) is 9.55 Å². The average Bonchev–Trinajstić information content (AvgIpc) is 3.13. The predicted octanol–water partition coefficient (Wildman–Crippen LogP) is 4.17. The van der Waals surface area contributed by atoms with Crippen LogP contribution >= 0.6 is 0 Å². The maximum atomic E-state index is 13.0. The molecule has 4 aromatic rings. The second-order valence-corrected chi connectivity index (χ2v) is 6.81. The van der Waals surface area contributed by atoms with Crippen molar-refractivity contribution < 1.29 is 14.1 Å². The van der Waals surface area contributed by atoms with Crippen LogP contribution in [0.2, 0.25) is 0 Å². The van der Waals surface area contributed by atoms with Crippen LogP contribution in [0.1, 0.15) is 5.56 Å². The third-order valence-corrected chi connectivity index (χ3v) is 4.60. The molecule has 9 nitrogen and oxygen atoms in total. The summed E-state index contributed by atoms with van der Waals surface area (Å²) in [4.78, 5) is 26.6. The Morgan fingerprint density at radius 1 is 1.16 bits per heavy atom. The fraction of sp³-hybridized carbons (Fsp3) is 0.0455. The molecule has 0 bridgehead atoms. The molecule has 0 fully saturated rings. The minimum atomic E-state index is -0.527. The summed E-state index contributed by atoms with van der Waals surface area (Å²) in [5, 5.41) is 18.5. The van der Waals surface area contributed by atoms with Crippen LogP contribution < -0.4 is 10.7 Å². The van der Waals surface area contributed by atoms with E-state index in [1.54, 1.807) is 17.0 Å². The largest absolute Gasteiger partial charge is 0.337 e. The number of halogens is 1. The van der Waals surface area contributed by atoms with Crippen LogP contribution in [0.25, 0.3) is 10.9 Å². The lowest BCUT2D eigenvalue weighted by atomic mass is 10.2. The Morgan fingerprint density at radius 3 is 2.66 bits per heavy atom. The van der Waals surface area contributed by atoms with Crippen molar-refractivity contribution in [3.05, 3.63) is 94.6 Å². The predicted molar refractivity (Wildman–Crippen MR) is 119 cm³/mol. The van der Waals surface area contributed by atoms with Gasteiger partial charge in [0.05, 0.1) is 11.1 Å². The first-order valence-electron chi connectivity index (χ1n) is 9.52. The zero-order valence-corrected chi connectivity index (χ0v) is 16.6. The molecule has 0 radical (unpaired) electrons. The topological polar surface area (TPSA) is 114 Å². The lowest BCUT2D eigenvalue weighted by Crippen LogP contribution is -2.18. The van der Waals surface area contributed by atoms with E-state index in [0.29, 0.717) is 11.5 Å². The van der Waals surface area contributed by atoms with Gasteiger partial charge in [0.15, 0.2) is 0 Å². The van der Waals surface area contributed by atoms with Gasteiger partial charge >= 0.3 is 0 Å². The molecular formula is C22H17FN6O3. The van der Waals surface area contributed by atoms with E-state index >= 15 is 0 Å². The quantitative estimate of drug-likeness (QED) is 0.258. The number of nitrogens with one attached hydrogen (secondary N) is 2. The lowest BCUT2D eigenvalue weighted by molar-refractivity contribution is -0.385. The fourth-order valence-corrected chi connectivity index (χ4v) is 3.13. The van der Waals surface area contributed by atoms with E-state index in [2.05, 4.69) is 20.8 Å². The molecule has 0 saturated heterocycles. The molecule has 0 atom stereocenters. The summed E-state index contributed by atoms with van der Waals surface area (Å²) < 4.78 is 14.8. The van der Waals surface area contributed by atoms with Crippen molar-refractivity contribution >= 4 is 40.2 Å². The number of aromatic nitrogens is 2. The normalized spacial score (nSPS) is 11.0. The third-order valence-electron chi connectivity index (χ3n) is 4.60. The Balaban J connectivity index is 1.49. The summed E-state index contributed by atoms with van der Waals surface area (Å²) in [7, 11) is 0. The number of benzene rings is 2. The lowest BCUT2D eigenvalue weighted by Gasteiger charge is -2.07. The molecule has 0 saturated carbocycles. The van der Waals surface area contributed by atoms with E-state index in [4.69, 9.17) is 0 Å². The first-order valence-corrected chi connectivity index (χ1v) is 9.52. The summed E-state index contributed by atoms with van der Waals surface area (Å²) in [5.74, 6) is -0.274. The Bertz CT molecular complexity index is 1300. The van der Waals surface area contributed by atoms with Gasteiger partial charge in [-0.15, -0.1) is 0 Å². The van der Waals surface area contributed by atoms with Crippen LogP contribution in [0.3, 0.4) is 0 Å². The van der Waals surface area contributed by atoms with Crippen LogP contribution in [0.5, 0.6) is 0 Å². The van der Waals surface area contributed by atoms with E-state index in [0.717, 1.165) is 22.7 Å². The first-order chi connectivity index (χ1) is 15.5. The Labute approximate surface area is 181 Å². The zero-order valence-electron chi connectivity index (χ0n) is 16.6. The van der Waals surface area contributed by atoms with Crippen LogP contribution in [-0.2, 0) is 11.3 Å². The molecule has 4 rings (SSSR count). The number of hydrogen-bond donors (Lipinski definition) is 2. The maximum Gasteiger partial charge on any atom is 0.287 e. The Morgan fingerprint density at radius 2 is 1.94 bits per heavy atom. The second-order valence-electron chi connectivity index (χ2n) is 6.81. The molecule has 0 aliphatic heterocycles. The van der Waals surface area contributed by atoms with Gasteiger partial charge in [-0.05, 0) is 36.4 Å². The monoisotopic (exact) mass is 432 g/mol. The molecule has 0 unspecified atom stereocenters. The molecule has 10 heteroatoms. The first kappa shape index (κ1) is 20.7. The molecular weight excluding hydrogens is 415 g/mol. The van der Waals surface area contributed by atoms with Gasteiger partial charge < -0.3 is 9.88 Å². The van der Waals surface area contributed by atoms with Gasteiger partial charge in [-0.1, -0.05) is 18.2 Å². The molecule has 0 spiro atoms. The highest BCUT2D eigenvalue weighted by Gasteiger charge is 2.11. The van der Waals surface area contributed by atoms with Crippen molar-refractivity contribution in [1.29, 1.82) is 0 Å². The molecule has 32 heavy (non-hydrogen) atoms. The smallest absolute Gasteiger partial charge is 0.287 e. The minimum absolute atomic E-state index is 0.0586. The van der Waals surface area contributed by atoms with E-state index in [1.165, 1.54) is 36.4 Å². The van der Waals surface area contributed by atoms with Crippen molar-refractivity contribution in [2.45, 2.75) is 6.54 Å². The SMILES string of the molecule is O=C(Cn1cc(/C=N\Nc2ccc([N+](=O)[O-])cn2)c2ccccc21)Nc1ccc(F)cc1. The number of hydrazone groups is 1. The minimum Gasteiger partial charge on any atom is -0.337 e. The van der Waals surface area contributed by atoms with Gasteiger partial charge in [-0.25, -0.2) is 9.37 Å². The van der Waals surface area contributed by atoms with E-state index in [9.17, 15) is 19.3 Å². The average molecular weight is 432 g/mol. The highest BCUT2D eigenvalue weighted by atomic mass is 19.1.